The molecular formula is C24H21N3O4. The van der Waals surface area contributed by atoms with Gasteiger partial charge in [0.1, 0.15) is 5.78 Å². The second-order valence-electron chi connectivity index (χ2n) is 7.83. The molecule has 0 bridgehead atoms. The first-order chi connectivity index (χ1) is 15.0. The van der Waals surface area contributed by atoms with Gasteiger partial charge in [0.25, 0.3) is 11.8 Å². The molecule has 0 spiro atoms. The van der Waals surface area contributed by atoms with E-state index in [1.54, 1.807) is 47.4 Å². The summed E-state index contributed by atoms with van der Waals surface area (Å²) in [6.45, 7) is 0.261. The zero-order valence-electron chi connectivity index (χ0n) is 16.9. The molecule has 7 heteroatoms. The minimum Gasteiger partial charge on any atom is -0.324 e. The van der Waals surface area contributed by atoms with E-state index in [0.717, 1.165) is 5.56 Å². The highest BCUT2D eigenvalue weighted by molar-refractivity contribution is 6.07. The zero-order valence-corrected chi connectivity index (χ0v) is 16.9. The Labute approximate surface area is 179 Å². The Kier molecular flexibility index (Phi) is 5.63. The number of hydrogen-bond donors (Lipinski definition) is 1. The minimum atomic E-state index is -0.593. The number of carbonyl (C=O) groups excluding carboxylic acids is 4. The number of benzene rings is 2. The monoisotopic (exact) mass is 415 g/mol. The van der Waals surface area contributed by atoms with E-state index in [1.807, 2.05) is 6.07 Å². The lowest BCUT2D eigenvalue weighted by Crippen LogP contribution is -2.42. The molecule has 31 heavy (non-hydrogen) atoms. The van der Waals surface area contributed by atoms with Crippen molar-refractivity contribution in [3.05, 3.63) is 64.7 Å². The summed E-state index contributed by atoms with van der Waals surface area (Å²) in [5.41, 5.74) is 2.27. The molecule has 1 N–H and O–H groups in total. The van der Waals surface area contributed by atoms with Crippen LogP contribution in [0.15, 0.2) is 42.5 Å². The van der Waals surface area contributed by atoms with E-state index in [9.17, 15) is 24.4 Å². The van der Waals surface area contributed by atoms with Gasteiger partial charge in [-0.25, -0.2) is 0 Å². The van der Waals surface area contributed by atoms with Crippen molar-refractivity contribution >= 4 is 29.1 Å². The Morgan fingerprint density at radius 3 is 2.68 bits per heavy atom. The number of rotatable bonds is 3. The lowest BCUT2D eigenvalue weighted by atomic mass is 9.94. The van der Waals surface area contributed by atoms with Crippen LogP contribution in [-0.4, -0.2) is 34.3 Å². The van der Waals surface area contributed by atoms with Crippen LogP contribution in [0.5, 0.6) is 0 Å². The van der Waals surface area contributed by atoms with Crippen molar-refractivity contribution in [1.82, 2.24) is 4.90 Å². The third kappa shape index (κ3) is 4.10. The Hall–Kier alpha value is -3.79. The molecule has 156 valence electrons. The fraction of sp³-hybridized carbons (Fsp3) is 0.292. The zero-order chi connectivity index (χ0) is 22.0. The first-order valence-electron chi connectivity index (χ1n) is 10.3. The van der Waals surface area contributed by atoms with Crippen LogP contribution in [0.2, 0.25) is 0 Å². The summed E-state index contributed by atoms with van der Waals surface area (Å²) in [6, 6.07) is 12.9. The van der Waals surface area contributed by atoms with Gasteiger partial charge in [-0.3, -0.25) is 19.2 Å². The molecule has 2 amide bonds. The van der Waals surface area contributed by atoms with Crippen LogP contribution in [0.4, 0.5) is 5.69 Å². The Morgan fingerprint density at radius 2 is 1.87 bits per heavy atom. The van der Waals surface area contributed by atoms with Crippen LogP contribution in [0.25, 0.3) is 0 Å². The molecule has 0 saturated heterocycles. The molecule has 1 heterocycles. The summed E-state index contributed by atoms with van der Waals surface area (Å²) in [5.74, 6) is -0.513. The largest absolute Gasteiger partial charge is 0.324 e. The van der Waals surface area contributed by atoms with Gasteiger partial charge in [0.05, 0.1) is 23.2 Å². The van der Waals surface area contributed by atoms with Gasteiger partial charge in [-0.15, -0.1) is 0 Å². The molecule has 1 aliphatic carbocycles. The van der Waals surface area contributed by atoms with E-state index in [-0.39, 0.29) is 35.1 Å². The second kappa shape index (κ2) is 8.52. The minimum absolute atomic E-state index is 0.00436. The van der Waals surface area contributed by atoms with Gasteiger partial charge in [0, 0.05) is 37.1 Å². The quantitative estimate of drug-likeness (QED) is 0.828. The van der Waals surface area contributed by atoms with Gasteiger partial charge in [0.2, 0.25) is 0 Å². The van der Waals surface area contributed by atoms with Gasteiger partial charge in [-0.1, -0.05) is 12.1 Å². The van der Waals surface area contributed by atoms with Crippen molar-refractivity contribution in [2.75, 3.05) is 5.32 Å². The molecule has 2 aromatic rings. The molecule has 1 atom stereocenters. The van der Waals surface area contributed by atoms with E-state index >= 15 is 0 Å². The maximum Gasteiger partial charge on any atom is 0.257 e. The Morgan fingerprint density at radius 1 is 1.06 bits per heavy atom. The van der Waals surface area contributed by atoms with E-state index < -0.39 is 11.9 Å². The van der Waals surface area contributed by atoms with E-state index in [1.165, 1.54) is 0 Å². The van der Waals surface area contributed by atoms with Gasteiger partial charge in [-0.05, 0) is 48.7 Å². The predicted molar refractivity (Wildman–Crippen MR) is 112 cm³/mol. The fourth-order valence-corrected chi connectivity index (χ4v) is 4.19. The maximum atomic E-state index is 12.9. The number of ketones is 2. The van der Waals surface area contributed by atoms with Crippen molar-refractivity contribution in [1.29, 1.82) is 5.26 Å². The van der Waals surface area contributed by atoms with Gasteiger partial charge in [-0.2, -0.15) is 5.26 Å². The van der Waals surface area contributed by atoms with Crippen LogP contribution >= 0.6 is 0 Å². The van der Waals surface area contributed by atoms with Gasteiger partial charge >= 0.3 is 0 Å². The molecule has 1 unspecified atom stereocenters. The first kappa shape index (κ1) is 20.5. The molecular weight excluding hydrogens is 394 g/mol. The average Bonchev–Trinajstić information content (AvgIpc) is 3.08. The Balaban J connectivity index is 1.53. The summed E-state index contributed by atoms with van der Waals surface area (Å²) in [6.07, 6.45) is 1.91. The summed E-state index contributed by atoms with van der Waals surface area (Å²) in [5, 5.41) is 12.0. The van der Waals surface area contributed by atoms with Gasteiger partial charge in [0.15, 0.2) is 5.78 Å². The highest BCUT2D eigenvalue weighted by atomic mass is 16.2. The standard InChI is InChI=1S/C24H21N3O4/c25-13-15-4-1-2-6-19(15)23(30)26-17-8-10-20-16(12-17)14-27(24(20)31)21-11-9-18(28)5-3-7-22(21)29/h1-2,4,6,8,10,12,21H,3,5,7,9,11,14H2,(H,26,30). The van der Waals surface area contributed by atoms with Crippen molar-refractivity contribution in [2.24, 2.45) is 0 Å². The molecule has 0 aromatic heterocycles. The van der Waals surface area contributed by atoms with Crippen LogP contribution in [0, 0.1) is 11.3 Å². The third-order valence-electron chi connectivity index (χ3n) is 5.81. The molecule has 2 aliphatic rings. The molecule has 0 radical (unpaired) electrons. The van der Waals surface area contributed by atoms with E-state index in [0.29, 0.717) is 43.4 Å². The van der Waals surface area contributed by atoms with Crippen molar-refractivity contribution in [3.63, 3.8) is 0 Å². The normalized spacial score (nSPS) is 18.7. The highest BCUT2D eigenvalue weighted by Gasteiger charge is 2.36. The van der Waals surface area contributed by atoms with Gasteiger partial charge < -0.3 is 10.2 Å². The topological polar surface area (TPSA) is 107 Å². The van der Waals surface area contributed by atoms with Crippen molar-refractivity contribution in [2.45, 2.75) is 44.7 Å². The lowest BCUT2D eigenvalue weighted by molar-refractivity contribution is -0.126. The van der Waals surface area contributed by atoms with Crippen molar-refractivity contribution < 1.29 is 19.2 Å². The van der Waals surface area contributed by atoms with Crippen LogP contribution < -0.4 is 5.32 Å². The second-order valence-corrected chi connectivity index (χ2v) is 7.83. The first-order valence-corrected chi connectivity index (χ1v) is 10.3. The summed E-state index contributed by atoms with van der Waals surface area (Å²) >= 11 is 0. The van der Waals surface area contributed by atoms with Crippen LogP contribution in [0.3, 0.4) is 0 Å². The lowest BCUT2D eigenvalue weighted by Gasteiger charge is -2.27. The SMILES string of the molecule is N#Cc1ccccc1C(=O)Nc1ccc2c(c1)CN(C1CCC(=O)CCCC1=O)C2=O. The number of Topliss-reactive ketones (excluding diaryl/α,β-unsaturated/α-hetero) is 2. The number of anilines is 1. The third-order valence-corrected chi connectivity index (χ3v) is 5.81. The fourth-order valence-electron chi connectivity index (χ4n) is 4.19. The summed E-state index contributed by atoms with van der Waals surface area (Å²) in [4.78, 5) is 51.5. The average molecular weight is 415 g/mol. The van der Waals surface area contributed by atoms with Crippen molar-refractivity contribution in [3.8, 4) is 6.07 Å². The maximum absolute atomic E-state index is 12.9. The molecule has 1 aliphatic heterocycles. The molecule has 1 fully saturated rings. The molecule has 7 nitrogen and oxygen atoms in total. The number of fused-ring (bicyclic) bond motifs is 1. The number of amides is 2. The molecule has 2 aromatic carbocycles. The smallest absolute Gasteiger partial charge is 0.257 e. The summed E-state index contributed by atoms with van der Waals surface area (Å²) < 4.78 is 0. The van der Waals surface area contributed by atoms with E-state index in [2.05, 4.69) is 5.32 Å². The number of hydrogen-bond acceptors (Lipinski definition) is 5. The number of nitrogens with one attached hydrogen (secondary N) is 1. The van der Waals surface area contributed by atoms with Crippen LogP contribution in [-0.2, 0) is 16.1 Å². The van der Waals surface area contributed by atoms with E-state index in [4.69, 9.17) is 0 Å². The molecule has 1 saturated carbocycles. The number of nitriles is 1. The predicted octanol–water partition coefficient (Wildman–Crippen LogP) is 3.24. The Bertz CT molecular complexity index is 1130. The number of carbonyl (C=O) groups is 4. The summed E-state index contributed by atoms with van der Waals surface area (Å²) in [7, 11) is 0. The highest BCUT2D eigenvalue weighted by Crippen LogP contribution is 2.30. The van der Waals surface area contributed by atoms with Crippen LogP contribution in [0.1, 0.15) is 63.9 Å². The molecule has 4 rings (SSSR count). The number of nitrogens with zero attached hydrogens (tertiary/aromatic N) is 2.